The van der Waals surface area contributed by atoms with E-state index in [-0.39, 0.29) is 12.5 Å². The van der Waals surface area contributed by atoms with Crippen molar-refractivity contribution in [3.05, 3.63) is 0 Å². The van der Waals surface area contributed by atoms with Gasteiger partial charge < -0.3 is 20.1 Å². The van der Waals surface area contributed by atoms with Gasteiger partial charge in [-0.2, -0.15) is 0 Å². The number of rotatable bonds is 7. The van der Waals surface area contributed by atoms with Crippen LogP contribution in [0.5, 0.6) is 0 Å². The smallest absolute Gasteiger partial charge is 0.325 e. The summed E-state index contributed by atoms with van der Waals surface area (Å²) in [5.41, 5.74) is 5.47. The molecule has 0 rings (SSSR count). The molecule has 0 heterocycles. The van der Waals surface area contributed by atoms with Gasteiger partial charge in [0, 0.05) is 13.7 Å². The summed E-state index contributed by atoms with van der Waals surface area (Å²) in [4.78, 5) is 24.2. The second-order valence-corrected chi connectivity index (χ2v) is 3.35. The number of methoxy groups -OCH3 is 1. The Kier molecular flexibility index (Phi) is 7.49. The van der Waals surface area contributed by atoms with Gasteiger partial charge in [0.2, 0.25) is 5.91 Å². The molecule has 1 unspecified atom stereocenters. The highest BCUT2D eigenvalue weighted by Gasteiger charge is 2.20. The highest BCUT2D eigenvalue weighted by atomic mass is 16.5. The van der Waals surface area contributed by atoms with Gasteiger partial charge >= 0.3 is 5.97 Å². The van der Waals surface area contributed by atoms with E-state index in [1.807, 2.05) is 0 Å². The average Bonchev–Trinajstić information content (AvgIpc) is 2.23. The van der Waals surface area contributed by atoms with Gasteiger partial charge in [-0.05, 0) is 13.8 Å². The van der Waals surface area contributed by atoms with Crippen LogP contribution >= 0.6 is 0 Å². The third-order valence-corrected chi connectivity index (χ3v) is 1.89. The van der Waals surface area contributed by atoms with Crippen molar-refractivity contribution in [1.29, 1.82) is 0 Å². The molecule has 0 saturated heterocycles. The fourth-order valence-electron chi connectivity index (χ4n) is 1.12. The maximum absolute atomic E-state index is 11.6. The van der Waals surface area contributed by atoms with E-state index in [9.17, 15) is 9.59 Å². The first-order valence-corrected chi connectivity index (χ1v) is 5.21. The summed E-state index contributed by atoms with van der Waals surface area (Å²) in [7, 11) is 1.53. The lowest BCUT2D eigenvalue weighted by Gasteiger charge is -2.22. The minimum atomic E-state index is -0.633. The van der Waals surface area contributed by atoms with Gasteiger partial charge in [0.15, 0.2) is 0 Å². The normalized spacial score (nSPS) is 12.0. The second-order valence-electron chi connectivity index (χ2n) is 3.35. The molecule has 1 atom stereocenters. The number of amides is 1. The zero-order valence-corrected chi connectivity index (χ0v) is 10.1. The van der Waals surface area contributed by atoms with Gasteiger partial charge in [-0.15, -0.1) is 0 Å². The lowest BCUT2D eigenvalue weighted by atomic mass is 10.3. The topological polar surface area (TPSA) is 81.9 Å². The maximum Gasteiger partial charge on any atom is 0.325 e. The van der Waals surface area contributed by atoms with Crippen LogP contribution in [-0.4, -0.2) is 56.2 Å². The van der Waals surface area contributed by atoms with Crippen LogP contribution in [0, 0.1) is 0 Å². The Morgan fingerprint density at radius 2 is 2.06 bits per heavy atom. The summed E-state index contributed by atoms with van der Waals surface area (Å²) < 4.78 is 9.62. The van der Waals surface area contributed by atoms with Crippen LogP contribution in [0.2, 0.25) is 0 Å². The Balaban J connectivity index is 4.30. The van der Waals surface area contributed by atoms with E-state index in [0.717, 1.165) is 0 Å². The summed E-state index contributed by atoms with van der Waals surface area (Å²) in [5.74, 6) is -0.724. The molecule has 0 saturated carbocycles. The van der Waals surface area contributed by atoms with Gasteiger partial charge in [0.1, 0.15) is 6.54 Å². The molecular formula is C10H20N2O4. The second kappa shape index (κ2) is 8.06. The van der Waals surface area contributed by atoms with Crippen molar-refractivity contribution in [2.24, 2.45) is 5.73 Å². The van der Waals surface area contributed by atoms with Crippen molar-refractivity contribution in [3.8, 4) is 0 Å². The van der Waals surface area contributed by atoms with Crippen LogP contribution in [0.25, 0.3) is 0 Å². The largest absolute Gasteiger partial charge is 0.465 e. The molecule has 0 fully saturated rings. The molecule has 0 aromatic heterocycles. The Labute approximate surface area is 95.7 Å². The van der Waals surface area contributed by atoms with Crippen molar-refractivity contribution in [1.82, 2.24) is 4.90 Å². The molecule has 0 radical (unpaired) electrons. The fraction of sp³-hybridized carbons (Fsp3) is 0.800. The third-order valence-electron chi connectivity index (χ3n) is 1.89. The van der Waals surface area contributed by atoms with Crippen LogP contribution in [0.3, 0.4) is 0 Å². The van der Waals surface area contributed by atoms with Crippen molar-refractivity contribution >= 4 is 11.9 Å². The molecule has 2 N–H and O–H groups in total. The molecular weight excluding hydrogens is 212 g/mol. The minimum absolute atomic E-state index is 0.0857. The Bertz CT molecular complexity index is 231. The highest BCUT2D eigenvalue weighted by molar-refractivity contribution is 5.85. The summed E-state index contributed by atoms with van der Waals surface area (Å²) in [6.45, 7) is 4.19. The molecule has 0 aromatic rings. The van der Waals surface area contributed by atoms with E-state index in [4.69, 9.17) is 15.2 Å². The first-order chi connectivity index (χ1) is 7.52. The Morgan fingerprint density at radius 1 is 1.44 bits per heavy atom. The zero-order valence-electron chi connectivity index (χ0n) is 10.1. The number of esters is 1. The lowest BCUT2D eigenvalue weighted by molar-refractivity contribution is -0.149. The molecule has 16 heavy (non-hydrogen) atoms. The van der Waals surface area contributed by atoms with Gasteiger partial charge in [0.25, 0.3) is 0 Å². The number of hydrogen-bond donors (Lipinski definition) is 1. The molecule has 0 aliphatic heterocycles. The lowest BCUT2D eigenvalue weighted by Crippen LogP contribution is -2.46. The summed E-state index contributed by atoms with van der Waals surface area (Å²) in [6, 6.07) is -0.633. The van der Waals surface area contributed by atoms with Crippen LogP contribution in [0.4, 0.5) is 0 Å². The van der Waals surface area contributed by atoms with E-state index >= 15 is 0 Å². The van der Waals surface area contributed by atoms with E-state index in [1.54, 1.807) is 13.8 Å². The van der Waals surface area contributed by atoms with Gasteiger partial charge in [-0.1, -0.05) is 0 Å². The van der Waals surface area contributed by atoms with Gasteiger partial charge in [-0.3, -0.25) is 9.59 Å². The molecule has 0 bridgehead atoms. The van der Waals surface area contributed by atoms with Crippen LogP contribution in [-0.2, 0) is 19.1 Å². The van der Waals surface area contributed by atoms with Gasteiger partial charge in [-0.25, -0.2) is 0 Å². The standard InChI is InChI=1S/C10H20N2O4/c1-4-16-9(13)7-12(5-6-15-3)10(14)8(2)11/h8H,4-7,11H2,1-3H3. The van der Waals surface area contributed by atoms with Crippen LogP contribution < -0.4 is 5.73 Å². The molecule has 0 spiro atoms. The van der Waals surface area contributed by atoms with Crippen molar-refractivity contribution in [3.63, 3.8) is 0 Å². The minimum Gasteiger partial charge on any atom is -0.465 e. The van der Waals surface area contributed by atoms with E-state index in [0.29, 0.717) is 19.8 Å². The van der Waals surface area contributed by atoms with Crippen molar-refractivity contribution in [2.45, 2.75) is 19.9 Å². The summed E-state index contributed by atoms with van der Waals surface area (Å²) in [5, 5.41) is 0. The third kappa shape index (κ3) is 5.67. The number of ether oxygens (including phenoxy) is 2. The predicted molar refractivity (Wildman–Crippen MR) is 58.7 cm³/mol. The first kappa shape index (κ1) is 14.9. The fourth-order valence-corrected chi connectivity index (χ4v) is 1.12. The molecule has 0 aliphatic carbocycles. The number of carbonyl (C=O) groups is 2. The predicted octanol–water partition coefficient (Wildman–Crippen LogP) is -0.628. The maximum atomic E-state index is 11.6. The zero-order chi connectivity index (χ0) is 12.6. The average molecular weight is 232 g/mol. The molecule has 6 nitrogen and oxygen atoms in total. The van der Waals surface area contributed by atoms with Crippen LogP contribution in [0.15, 0.2) is 0 Å². The SMILES string of the molecule is CCOC(=O)CN(CCOC)C(=O)C(C)N. The van der Waals surface area contributed by atoms with E-state index in [2.05, 4.69) is 0 Å². The monoisotopic (exact) mass is 232 g/mol. The van der Waals surface area contributed by atoms with E-state index in [1.165, 1.54) is 12.0 Å². The molecule has 6 heteroatoms. The molecule has 0 aromatic carbocycles. The van der Waals surface area contributed by atoms with Crippen LogP contribution in [0.1, 0.15) is 13.8 Å². The molecule has 1 amide bonds. The van der Waals surface area contributed by atoms with Crippen molar-refractivity contribution in [2.75, 3.05) is 33.4 Å². The number of nitrogens with two attached hydrogens (primary N) is 1. The highest BCUT2D eigenvalue weighted by Crippen LogP contribution is 1.95. The number of nitrogens with zero attached hydrogens (tertiary/aromatic N) is 1. The molecule has 94 valence electrons. The summed E-state index contributed by atoms with van der Waals surface area (Å²) in [6.07, 6.45) is 0. The quantitative estimate of drug-likeness (QED) is 0.591. The summed E-state index contributed by atoms with van der Waals surface area (Å²) >= 11 is 0. The number of carbonyl (C=O) groups excluding carboxylic acids is 2. The molecule has 0 aliphatic rings. The van der Waals surface area contributed by atoms with Gasteiger partial charge in [0.05, 0.1) is 19.3 Å². The number of hydrogen-bond acceptors (Lipinski definition) is 5. The van der Waals surface area contributed by atoms with Crippen molar-refractivity contribution < 1.29 is 19.1 Å². The Hall–Kier alpha value is -1.14. The van der Waals surface area contributed by atoms with E-state index < -0.39 is 12.0 Å². The Morgan fingerprint density at radius 3 is 2.50 bits per heavy atom. The first-order valence-electron chi connectivity index (χ1n) is 5.21.